The Morgan fingerprint density at radius 3 is 2.62 bits per heavy atom. The van der Waals surface area contributed by atoms with Crippen LogP contribution in [0, 0.1) is 5.92 Å². The summed E-state index contributed by atoms with van der Waals surface area (Å²) in [6.07, 6.45) is 1.75. The molecule has 8 heteroatoms. The molecule has 3 rings (SSSR count). The van der Waals surface area contributed by atoms with Crippen molar-refractivity contribution in [1.82, 2.24) is 4.90 Å². The molecular formula is C26H30F3NO3S. The van der Waals surface area contributed by atoms with E-state index in [0.717, 1.165) is 56.8 Å². The summed E-state index contributed by atoms with van der Waals surface area (Å²) >= 11 is 1.77. The summed E-state index contributed by atoms with van der Waals surface area (Å²) in [7, 11) is 0. The summed E-state index contributed by atoms with van der Waals surface area (Å²) in [6.45, 7) is 9.19. The number of fused-ring (bicyclic) bond motifs is 1. The fraction of sp³-hybridized carbons (Fsp3) is 0.423. The maximum absolute atomic E-state index is 12.8. The van der Waals surface area contributed by atoms with Crippen LogP contribution >= 0.6 is 11.8 Å². The maximum atomic E-state index is 12.8. The molecule has 0 saturated heterocycles. The number of carboxylic acids is 1. The lowest BCUT2D eigenvalue weighted by Crippen LogP contribution is -2.28. The molecule has 1 atom stereocenters. The van der Waals surface area contributed by atoms with Crippen LogP contribution in [0.3, 0.4) is 0 Å². The fourth-order valence-corrected chi connectivity index (χ4v) is 5.57. The third-order valence-corrected chi connectivity index (χ3v) is 7.60. The van der Waals surface area contributed by atoms with Crippen molar-refractivity contribution in [3.63, 3.8) is 0 Å². The fourth-order valence-electron chi connectivity index (χ4n) is 4.12. The monoisotopic (exact) mass is 493 g/mol. The topological polar surface area (TPSA) is 49.8 Å². The predicted molar refractivity (Wildman–Crippen MR) is 130 cm³/mol. The summed E-state index contributed by atoms with van der Waals surface area (Å²) in [5.41, 5.74) is 3.80. The van der Waals surface area contributed by atoms with Gasteiger partial charge in [0.2, 0.25) is 0 Å². The van der Waals surface area contributed by atoms with Gasteiger partial charge in [0.25, 0.3) is 0 Å². The number of aliphatic carboxylic acids is 1. The highest BCUT2D eigenvalue weighted by molar-refractivity contribution is 8.03. The Morgan fingerprint density at radius 2 is 1.97 bits per heavy atom. The van der Waals surface area contributed by atoms with Gasteiger partial charge in [-0.3, -0.25) is 4.90 Å². The van der Waals surface area contributed by atoms with E-state index in [9.17, 15) is 18.0 Å². The van der Waals surface area contributed by atoms with E-state index in [0.29, 0.717) is 5.75 Å². The predicted octanol–water partition coefficient (Wildman–Crippen LogP) is 5.81. The number of thioether (sulfide) groups is 1. The van der Waals surface area contributed by atoms with Crippen molar-refractivity contribution in [2.75, 3.05) is 32.0 Å². The minimum atomic E-state index is -4.32. The number of halogens is 3. The molecule has 2 heterocycles. The van der Waals surface area contributed by atoms with Crippen LogP contribution < -0.4 is 4.74 Å². The lowest BCUT2D eigenvalue weighted by Gasteiger charge is -2.21. The van der Waals surface area contributed by atoms with E-state index in [1.54, 1.807) is 23.9 Å². The van der Waals surface area contributed by atoms with Gasteiger partial charge < -0.3 is 9.84 Å². The van der Waals surface area contributed by atoms with Crippen LogP contribution in [-0.4, -0.2) is 54.1 Å². The summed E-state index contributed by atoms with van der Waals surface area (Å²) in [5, 5.41) is 8.81. The summed E-state index contributed by atoms with van der Waals surface area (Å²) in [4.78, 5) is 14.4. The zero-order chi connectivity index (χ0) is 24.9. The van der Waals surface area contributed by atoms with E-state index in [2.05, 4.69) is 18.4 Å². The molecule has 184 valence electrons. The van der Waals surface area contributed by atoms with E-state index in [-0.39, 0.29) is 12.5 Å². The van der Waals surface area contributed by atoms with Crippen LogP contribution in [0.25, 0.3) is 0 Å². The van der Waals surface area contributed by atoms with Crippen LogP contribution in [-0.2, 0) is 17.6 Å². The molecule has 0 aromatic heterocycles. The molecular weight excluding hydrogens is 463 g/mol. The van der Waals surface area contributed by atoms with Crippen molar-refractivity contribution in [1.29, 1.82) is 0 Å². The van der Waals surface area contributed by atoms with E-state index in [4.69, 9.17) is 9.84 Å². The quantitative estimate of drug-likeness (QED) is 0.463. The average Bonchev–Trinajstić information content (AvgIpc) is 3.01. The van der Waals surface area contributed by atoms with Gasteiger partial charge in [0, 0.05) is 36.9 Å². The van der Waals surface area contributed by atoms with E-state index in [1.807, 2.05) is 18.2 Å². The highest BCUT2D eigenvalue weighted by Crippen LogP contribution is 2.40. The molecule has 2 aliphatic heterocycles. The van der Waals surface area contributed by atoms with Crippen LogP contribution in [0.4, 0.5) is 13.2 Å². The molecule has 0 fully saturated rings. The normalized spacial score (nSPS) is 20.2. The van der Waals surface area contributed by atoms with Crippen LogP contribution in [0.5, 0.6) is 5.75 Å². The molecule has 1 aromatic rings. The van der Waals surface area contributed by atoms with E-state index >= 15 is 0 Å². The third kappa shape index (κ3) is 6.79. The molecule has 0 amide bonds. The van der Waals surface area contributed by atoms with E-state index in [1.165, 1.54) is 21.6 Å². The number of nitrogens with zero attached hydrogens (tertiary/aromatic N) is 1. The number of alkyl halides is 3. The first-order valence-electron chi connectivity index (χ1n) is 11.2. The molecule has 0 saturated carbocycles. The molecule has 2 aliphatic rings. The second-order valence-corrected chi connectivity index (χ2v) is 9.69. The maximum Gasteiger partial charge on any atom is 0.412 e. The first-order chi connectivity index (χ1) is 16.1. The Hall–Kier alpha value is -2.45. The van der Waals surface area contributed by atoms with Gasteiger partial charge in [0.1, 0.15) is 5.75 Å². The Bertz CT molecular complexity index is 1030. The van der Waals surface area contributed by atoms with Crippen LogP contribution in [0.15, 0.2) is 64.6 Å². The van der Waals surface area contributed by atoms with Gasteiger partial charge >= 0.3 is 12.1 Å². The molecule has 1 aromatic carbocycles. The molecule has 0 spiro atoms. The molecule has 34 heavy (non-hydrogen) atoms. The van der Waals surface area contributed by atoms with Gasteiger partial charge in [-0.25, -0.2) is 4.79 Å². The number of carboxylic acid groups (broad SMARTS) is 1. The average molecular weight is 494 g/mol. The molecule has 0 aliphatic carbocycles. The standard InChI is InChI=1S/C26H30F3NO3S/c1-4-19(6-5-17(2)26(27,28)29)23-16-34-24(18(23)3)14-30-11-9-20-7-8-22(33-15-25(31)32)13-21(20)10-12-30/h4-8,13,23H,1,9-12,14-16H2,2-3H3,(H,31,32)/b17-5+,19-6+. The number of allylic oxidation sites excluding steroid dienone is 6. The van der Waals surface area contributed by atoms with Gasteiger partial charge in [0.15, 0.2) is 6.61 Å². The minimum absolute atomic E-state index is 0.0629. The van der Waals surface area contributed by atoms with Gasteiger partial charge in [0.05, 0.1) is 0 Å². The zero-order valence-electron chi connectivity index (χ0n) is 19.5. The number of ether oxygens (including phenoxy) is 1. The van der Waals surface area contributed by atoms with Gasteiger partial charge in [-0.1, -0.05) is 36.4 Å². The second kappa shape index (κ2) is 11.3. The first kappa shape index (κ1) is 26.2. The van der Waals surface area contributed by atoms with E-state index < -0.39 is 17.7 Å². The van der Waals surface area contributed by atoms with Gasteiger partial charge in [-0.2, -0.15) is 13.2 Å². The van der Waals surface area contributed by atoms with Crippen molar-refractivity contribution < 1.29 is 27.8 Å². The number of hydrogen-bond acceptors (Lipinski definition) is 4. The minimum Gasteiger partial charge on any atom is -0.482 e. The number of rotatable bonds is 8. The molecule has 1 N–H and O–H groups in total. The van der Waals surface area contributed by atoms with Crippen LogP contribution in [0.2, 0.25) is 0 Å². The summed E-state index contributed by atoms with van der Waals surface area (Å²) in [5.74, 6) is 0.433. The Balaban J connectivity index is 1.66. The second-order valence-electron chi connectivity index (χ2n) is 8.58. The van der Waals surface area contributed by atoms with Gasteiger partial charge in [-0.15, -0.1) is 11.8 Å². The Labute approximate surface area is 202 Å². The molecule has 1 unspecified atom stereocenters. The molecule has 4 nitrogen and oxygen atoms in total. The van der Waals surface area contributed by atoms with Crippen molar-refractivity contribution >= 4 is 17.7 Å². The lowest BCUT2D eigenvalue weighted by atomic mass is 9.92. The number of hydrogen-bond donors (Lipinski definition) is 1. The number of benzene rings is 1. The molecule has 0 radical (unpaired) electrons. The lowest BCUT2D eigenvalue weighted by molar-refractivity contribution is -0.139. The van der Waals surface area contributed by atoms with Crippen molar-refractivity contribution in [3.05, 3.63) is 75.8 Å². The van der Waals surface area contributed by atoms with Gasteiger partial charge in [-0.05, 0) is 60.4 Å². The third-order valence-electron chi connectivity index (χ3n) is 6.30. The number of carbonyl (C=O) groups is 1. The van der Waals surface area contributed by atoms with Crippen LogP contribution in [0.1, 0.15) is 25.0 Å². The van der Waals surface area contributed by atoms with Crippen molar-refractivity contribution in [2.24, 2.45) is 5.92 Å². The van der Waals surface area contributed by atoms with Crippen molar-refractivity contribution in [3.8, 4) is 5.75 Å². The smallest absolute Gasteiger partial charge is 0.412 e. The summed E-state index contributed by atoms with van der Waals surface area (Å²) in [6, 6.07) is 5.77. The Kier molecular flexibility index (Phi) is 8.71. The highest BCUT2D eigenvalue weighted by atomic mass is 32.2. The first-order valence-corrected chi connectivity index (χ1v) is 12.2. The van der Waals surface area contributed by atoms with Crippen molar-refractivity contribution in [2.45, 2.75) is 32.9 Å². The highest BCUT2D eigenvalue weighted by Gasteiger charge is 2.30. The summed E-state index contributed by atoms with van der Waals surface area (Å²) < 4.78 is 43.8. The Morgan fingerprint density at radius 1 is 1.26 bits per heavy atom. The SMILES string of the molecule is C=C/C(=C\C=C(/C)C(F)(F)F)C1CSC(CN2CCc3ccc(OCC(=O)O)cc3CC2)=C1C. The zero-order valence-corrected chi connectivity index (χ0v) is 20.3. The molecule has 0 bridgehead atoms. The largest absolute Gasteiger partial charge is 0.482 e.